The number of likely N-dealkylation sites (N-methyl/N-ethyl adjacent to an activating group) is 1. The van der Waals surface area contributed by atoms with Gasteiger partial charge in [0.25, 0.3) is 5.91 Å². The van der Waals surface area contributed by atoms with Crippen molar-refractivity contribution in [2.45, 2.75) is 44.4 Å². The van der Waals surface area contributed by atoms with Crippen LogP contribution in [-0.2, 0) is 24.3 Å². The number of benzene rings is 1. The average molecular weight is 470 g/mol. The molecule has 178 valence electrons. The summed E-state index contributed by atoms with van der Waals surface area (Å²) in [6, 6.07) is 4.43. The van der Waals surface area contributed by atoms with Gasteiger partial charge in [-0.25, -0.2) is 8.42 Å². The summed E-state index contributed by atoms with van der Waals surface area (Å²) in [4.78, 5) is 26.9. The number of fused-ring (bicyclic) bond motifs is 2. The lowest BCUT2D eigenvalue weighted by Crippen LogP contribution is -2.54. The molecule has 1 fully saturated rings. The molecule has 0 radical (unpaired) electrons. The van der Waals surface area contributed by atoms with Crippen molar-refractivity contribution in [3.8, 4) is 5.75 Å². The third-order valence-corrected chi connectivity index (χ3v) is 7.01. The smallest absolute Gasteiger partial charge is 0.257 e. The SMILES string of the molecule is CCS(=O)(=O)Nc1ccc2c(c1)C(=O)N(C)[C@H]1CC[C@@H](CC(=O)NCCOC)O[C@H]1CO2. The van der Waals surface area contributed by atoms with Crippen LogP contribution >= 0.6 is 0 Å². The molecule has 1 aromatic rings. The molecule has 2 aliphatic rings. The number of ether oxygens (including phenoxy) is 3. The van der Waals surface area contributed by atoms with E-state index < -0.39 is 10.0 Å². The molecule has 0 bridgehead atoms. The highest BCUT2D eigenvalue weighted by atomic mass is 32.2. The van der Waals surface area contributed by atoms with Crippen molar-refractivity contribution in [2.75, 3.05) is 44.4 Å². The van der Waals surface area contributed by atoms with Crippen LogP contribution in [0, 0.1) is 0 Å². The second kappa shape index (κ2) is 10.5. The van der Waals surface area contributed by atoms with Crippen molar-refractivity contribution in [1.29, 1.82) is 0 Å². The number of sulfonamides is 1. The number of rotatable bonds is 8. The van der Waals surface area contributed by atoms with Crippen LogP contribution in [0.5, 0.6) is 5.75 Å². The maximum atomic E-state index is 13.2. The van der Waals surface area contributed by atoms with Crippen LogP contribution in [0.3, 0.4) is 0 Å². The Balaban J connectivity index is 1.71. The number of hydrogen-bond donors (Lipinski definition) is 2. The van der Waals surface area contributed by atoms with Gasteiger partial charge in [-0.2, -0.15) is 0 Å². The van der Waals surface area contributed by atoms with Crippen molar-refractivity contribution in [2.24, 2.45) is 0 Å². The zero-order valence-electron chi connectivity index (χ0n) is 18.6. The Morgan fingerprint density at radius 2 is 2.09 bits per heavy atom. The van der Waals surface area contributed by atoms with E-state index in [2.05, 4.69) is 10.0 Å². The molecule has 3 atom stereocenters. The number of carbonyl (C=O) groups excluding carboxylic acids is 2. The first-order chi connectivity index (χ1) is 15.2. The van der Waals surface area contributed by atoms with Crippen LogP contribution in [0.1, 0.15) is 36.5 Å². The molecule has 0 aliphatic carbocycles. The maximum absolute atomic E-state index is 13.2. The molecule has 32 heavy (non-hydrogen) atoms. The zero-order valence-corrected chi connectivity index (χ0v) is 19.4. The lowest BCUT2D eigenvalue weighted by atomic mass is 9.94. The summed E-state index contributed by atoms with van der Waals surface area (Å²) < 4.78 is 43.2. The second-order valence-corrected chi connectivity index (χ2v) is 9.94. The summed E-state index contributed by atoms with van der Waals surface area (Å²) in [5.41, 5.74) is 0.606. The van der Waals surface area contributed by atoms with E-state index in [1.54, 1.807) is 31.2 Å². The maximum Gasteiger partial charge on any atom is 0.257 e. The van der Waals surface area contributed by atoms with Crippen molar-refractivity contribution >= 4 is 27.5 Å². The molecule has 2 heterocycles. The van der Waals surface area contributed by atoms with Crippen LogP contribution in [0.25, 0.3) is 0 Å². The minimum atomic E-state index is -3.46. The predicted molar refractivity (Wildman–Crippen MR) is 118 cm³/mol. The van der Waals surface area contributed by atoms with Crippen LogP contribution in [-0.4, -0.2) is 83.1 Å². The number of amides is 2. The van der Waals surface area contributed by atoms with Gasteiger partial charge in [0.1, 0.15) is 18.5 Å². The number of hydrogen-bond acceptors (Lipinski definition) is 7. The molecule has 11 heteroatoms. The van der Waals surface area contributed by atoms with Gasteiger partial charge in [-0.05, 0) is 38.0 Å². The van der Waals surface area contributed by atoms with Crippen LogP contribution in [0.4, 0.5) is 5.69 Å². The standard InChI is InChI=1S/C21H31N3O7S/c1-4-32(27,28)23-14-5-8-18-16(11-14)21(26)24(2)17-7-6-15(31-19(17)13-30-18)12-20(25)22-9-10-29-3/h5,8,11,15,17,19,23H,4,6-7,9-10,12-13H2,1-3H3,(H,22,25)/t15-,17-,19-/m0/s1. The van der Waals surface area contributed by atoms with Crippen LogP contribution in [0.2, 0.25) is 0 Å². The summed E-state index contributed by atoms with van der Waals surface area (Å²) in [5, 5.41) is 2.79. The van der Waals surface area contributed by atoms with Crippen LogP contribution in [0.15, 0.2) is 18.2 Å². The summed E-state index contributed by atoms with van der Waals surface area (Å²) in [5.74, 6) is -0.0790. The van der Waals surface area contributed by atoms with Gasteiger partial charge in [-0.1, -0.05) is 0 Å². The van der Waals surface area contributed by atoms with E-state index in [1.165, 1.54) is 13.0 Å². The Morgan fingerprint density at radius 3 is 2.81 bits per heavy atom. The number of nitrogens with zero attached hydrogens (tertiary/aromatic N) is 1. The summed E-state index contributed by atoms with van der Waals surface area (Å²) >= 11 is 0. The van der Waals surface area contributed by atoms with Gasteiger partial charge in [0, 0.05) is 26.4 Å². The third-order valence-electron chi connectivity index (χ3n) is 5.71. The molecule has 1 saturated heterocycles. The predicted octanol–water partition coefficient (Wildman–Crippen LogP) is 0.982. The molecular weight excluding hydrogens is 438 g/mol. The molecule has 2 aliphatic heterocycles. The molecule has 0 spiro atoms. The monoisotopic (exact) mass is 469 g/mol. The summed E-state index contributed by atoms with van der Waals surface area (Å²) in [6.07, 6.45) is 0.919. The fourth-order valence-corrected chi connectivity index (χ4v) is 4.54. The van der Waals surface area contributed by atoms with Crippen molar-refractivity contribution in [3.05, 3.63) is 23.8 Å². The number of carbonyl (C=O) groups is 2. The Bertz CT molecular complexity index is 937. The first-order valence-corrected chi connectivity index (χ1v) is 12.3. The lowest BCUT2D eigenvalue weighted by Gasteiger charge is -2.42. The van der Waals surface area contributed by atoms with Crippen LogP contribution < -0.4 is 14.8 Å². The van der Waals surface area contributed by atoms with Gasteiger partial charge in [0.05, 0.1) is 36.5 Å². The molecule has 0 saturated carbocycles. The van der Waals surface area contributed by atoms with Gasteiger partial charge in [0.2, 0.25) is 15.9 Å². The van der Waals surface area contributed by atoms with Gasteiger partial charge < -0.3 is 24.4 Å². The molecule has 1 aromatic carbocycles. The first kappa shape index (κ1) is 24.3. The number of nitrogens with one attached hydrogen (secondary N) is 2. The lowest BCUT2D eigenvalue weighted by molar-refractivity contribution is -0.134. The Labute approximate surface area is 188 Å². The number of anilines is 1. The number of methoxy groups -OCH3 is 1. The summed E-state index contributed by atoms with van der Waals surface area (Å²) in [6.45, 7) is 2.65. The topological polar surface area (TPSA) is 123 Å². The quantitative estimate of drug-likeness (QED) is 0.544. The Hall–Kier alpha value is -2.37. The van der Waals surface area contributed by atoms with Gasteiger partial charge in [0.15, 0.2) is 0 Å². The Morgan fingerprint density at radius 1 is 1.31 bits per heavy atom. The second-order valence-electron chi connectivity index (χ2n) is 7.93. The molecule has 3 rings (SSSR count). The van der Waals surface area contributed by atoms with E-state index in [0.29, 0.717) is 43.0 Å². The average Bonchev–Trinajstić information content (AvgIpc) is 2.76. The van der Waals surface area contributed by atoms with Crippen molar-refractivity contribution in [3.63, 3.8) is 0 Å². The molecule has 2 amide bonds. The minimum absolute atomic E-state index is 0.0684. The van der Waals surface area contributed by atoms with E-state index in [-0.39, 0.29) is 48.8 Å². The van der Waals surface area contributed by atoms with E-state index in [9.17, 15) is 18.0 Å². The highest BCUT2D eigenvalue weighted by Crippen LogP contribution is 2.32. The minimum Gasteiger partial charge on any atom is -0.490 e. The molecule has 2 N–H and O–H groups in total. The molecule has 10 nitrogen and oxygen atoms in total. The van der Waals surface area contributed by atoms with E-state index in [0.717, 1.165) is 0 Å². The van der Waals surface area contributed by atoms with Gasteiger partial charge in [-0.3, -0.25) is 14.3 Å². The fraction of sp³-hybridized carbons (Fsp3) is 0.619. The highest BCUT2D eigenvalue weighted by molar-refractivity contribution is 7.92. The van der Waals surface area contributed by atoms with Crippen molar-refractivity contribution < 1.29 is 32.2 Å². The van der Waals surface area contributed by atoms with E-state index in [1.807, 2.05) is 0 Å². The molecule has 0 aromatic heterocycles. The normalized spacial score (nSPS) is 23.3. The zero-order chi connectivity index (χ0) is 23.3. The van der Waals surface area contributed by atoms with E-state index in [4.69, 9.17) is 14.2 Å². The van der Waals surface area contributed by atoms with Crippen molar-refractivity contribution in [1.82, 2.24) is 10.2 Å². The molecule has 0 unspecified atom stereocenters. The summed E-state index contributed by atoms with van der Waals surface area (Å²) in [7, 11) is -0.182. The Kier molecular flexibility index (Phi) is 7.96. The highest BCUT2D eigenvalue weighted by Gasteiger charge is 2.39. The van der Waals surface area contributed by atoms with Gasteiger partial charge in [-0.15, -0.1) is 0 Å². The first-order valence-electron chi connectivity index (χ1n) is 10.7. The van der Waals surface area contributed by atoms with Gasteiger partial charge >= 0.3 is 0 Å². The molecular formula is C21H31N3O7S. The fourth-order valence-electron chi connectivity index (χ4n) is 3.91. The van der Waals surface area contributed by atoms with E-state index >= 15 is 0 Å². The third kappa shape index (κ3) is 5.90. The largest absolute Gasteiger partial charge is 0.490 e.